The zero-order chi connectivity index (χ0) is 35.2. The summed E-state index contributed by atoms with van der Waals surface area (Å²) < 4.78 is 16.6. The van der Waals surface area contributed by atoms with Crippen molar-refractivity contribution in [3.05, 3.63) is 70.3 Å². The zero-order valence-corrected chi connectivity index (χ0v) is 31.2. The average Bonchev–Trinajstić information content (AvgIpc) is 3.22. The molecule has 0 saturated heterocycles. The molecule has 11 heteroatoms. The molecule has 2 aliphatic rings. The van der Waals surface area contributed by atoms with E-state index in [2.05, 4.69) is 46.9 Å². The lowest BCUT2D eigenvalue weighted by Gasteiger charge is -2.43. The van der Waals surface area contributed by atoms with Gasteiger partial charge in [0.05, 0.1) is 24.5 Å². The van der Waals surface area contributed by atoms with E-state index in [4.69, 9.17) is 21.1 Å². The van der Waals surface area contributed by atoms with E-state index >= 15 is 0 Å². The van der Waals surface area contributed by atoms with E-state index in [-0.39, 0.29) is 17.9 Å². The Hall–Kier alpha value is -2.76. The monoisotopic (exact) mass is 702 g/mol. The molecule has 2 aromatic carbocycles. The predicted molar refractivity (Wildman–Crippen MR) is 198 cm³/mol. The second-order valence-corrected chi connectivity index (χ2v) is 14.5. The summed E-state index contributed by atoms with van der Waals surface area (Å²) in [6.45, 7) is 8.65. The lowest BCUT2D eigenvalue weighted by Crippen LogP contribution is -2.44. The molecule has 2 aromatic rings. The highest BCUT2D eigenvalue weighted by Gasteiger charge is 2.38. The van der Waals surface area contributed by atoms with Crippen LogP contribution >= 0.6 is 23.7 Å². The molecule has 5 unspecified atom stereocenters. The second kappa shape index (κ2) is 20.0. The fraction of sp³-hybridized carbons (Fsp3) is 0.568. The maximum Gasteiger partial charge on any atom is 0.219 e. The maximum atomic E-state index is 11.5. The number of carbonyl (C=O) groups is 2. The van der Waals surface area contributed by atoms with E-state index in [0.717, 1.165) is 67.2 Å². The van der Waals surface area contributed by atoms with E-state index in [0.29, 0.717) is 31.4 Å². The molecule has 9 nitrogen and oxygen atoms in total. The molecule has 0 aromatic heterocycles. The minimum Gasteiger partial charge on any atom is -0.491 e. The summed E-state index contributed by atoms with van der Waals surface area (Å²) in [6, 6.07) is 12.4. The van der Waals surface area contributed by atoms with Gasteiger partial charge in [-0.2, -0.15) is 0 Å². The van der Waals surface area contributed by atoms with Crippen molar-refractivity contribution >= 4 is 41.7 Å². The maximum absolute atomic E-state index is 11.5. The van der Waals surface area contributed by atoms with Gasteiger partial charge in [0, 0.05) is 63.8 Å². The Labute approximate surface area is 297 Å². The third-order valence-corrected chi connectivity index (χ3v) is 9.96. The Bertz CT molecular complexity index is 1340. The molecule has 266 valence electrons. The molecule has 0 bridgehead atoms. The molecule has 0 spiro atoms. The quantitative estimate of drug-likeness (QED) is 0.121. The fourth-order valence-electron chi connectivity index (χ4n) is 6.31. The van der Waals surface area contributed by atoms with E-state index in [1.807, 2.05) is 46.3 Å². The summed E-state index contributed by atoms with van der Waals surface area (Å²) in [5, 5.41) is 11.1. The fourth-order valence-corrected chi connectivity index (χ4v) is 6.75. The first-order chi connectivity index (χ1) is 23.0. The van der Waals surface area contributed by atoms with Crippen molar-refractivity contribution in [2.24, 2.45) is 11.8 Å². The van der Waals surface area contributed by atoms with Crippen LogP contribution in [0, 0.1) is 11.8 Å². The summed E-state index contributed by atoms with van der Waals surface area (Å²) in [5.74, 6) is 2.06. The topological polar surface area (TPSA) is 94.6 Å². The minimum atomic E-state index is -0.546. The largest absolute Gasteiger partial charge is 0.491 e. The normalized spacial score (nSPS) is 20.0. The molecule has 1 heterocycles. The van der Waals surface area contributed by atoms with Gasteiger partial charge in [0.15, 0.2) is 0 Å². The number of ether oxygens (including phenoxy) is 2. The first-order valence-corrected chi connectivity index (χ1v) is 18.1. The molecule has 48 heavy (non-hydrogen) atoms. The zero-order valence-electron chi connectivity index (χ0n) is 29.7. The van der Waals surface area contributed by atoms with Crippen LogP contribution in [-0.2, 0) is 20.7 Å². The number of halogens is 1. The lowest BCUT2D eigenvalue weighted by atomic mass is 9.70. The van der Waals surface area contributed by atoms with E-state index in [1.54, 1.807) is 23.2 Å². The number of rotatable bonds is 15. The number of hydrogen-bond acceptors (Lipinski definition) is 8. The molecule has 1 saturated carbocycles. The van der Waals surface area contributed by atoms with Crippen LogP contribution in [0.25, 0.3) is 0 Å². The SMILES string of the molecule is CCCc1cc(Cl)ccc1C1COc2ccc(C(C)O)cc2N(CC2CCC2C(/C=C/CCN(C)C(C)=O)OC)C1.CN(C)SNC=O. The third-order valence-electron chi connectivity index (χ3n) is 9.15. The standard InChI is InChI=1S/C34H47ClN2O4.C3H8N2OS/c1-6-9-26-18-29(35)13-15-30(26)28-21-37(32-19-25(23(2)38)12-16-34(32)41-22-28)20-27-11-14-31(27)33(40-5)10-7-8-17-36(4)24(3)39;1-5(2)7-4-3-6/h7,10,12-13,15-16,18-19,23,27-28,31,33,38H,6,8-9,11,14,17,20-22H2,1-5H3;3H,1-2H3,(H,4,6)/b10-7+;. The Kier molecular flexibility index (Phi) is 16.6. The van der Waals surface area contributed by atoms with Crippen molar-refractivity contribution in [3.8, 4) is 5.75 Å². The Morgan fingerprint density at radius 3 is 2.58 bits per heavy atom. The Balaban J connectivity index is 0.000000804. The van der Waals surface area contributed by atoms with Gasteiger partial charge in [0.25, 0.3) is 0 Å². The number of nitrogens with one attached hydrogen (secondary N) is 1. The third kappa shape index (κ3) is 11.7. The van der Waals surface area contributed by atoms with Crippen molar-refractivity contribution in [1.29, 1.82) is 0 Å². The number of amides is 2. The Morgan fingerprint density at radius 2 is 2.00 bits per heavy atom. The first kappa shape index (κ1) is 39.7. The van der Waals surface area contributed by atoms with Crippen LogP contribution in [-0.4, -0.2) is 87.2 Å². The summed E-state index contributed by atoms with van der Waals surface area (Å²) in [4.78, 5) is 25.3. The minimum absolute atomic E-state index is 0.0473. The molecule has 2 amide bonds. The Morgan fingerprint density at radius 1 is 1.23 bits per heavy atom. The average molecular weight is 703 g/mol. The molecule has 1 fully saturated rings. The van der Waals surface area contributed by atoms with Gasteiger partial charge in [-0.1, -0.05) is 49.2 Å². The number of aliphatic hydroxyl groups is 1. The summed E-state index contributed by atoms with van der Waals surface area (Å²) in [5.41, 5.74) is 4.56. The van der Waals surface area contributed by atoms with Gasteiger partial charge in [-0.15, -0.1) is 0 Å². The van der Waals surface area contributed by atoms with Gasteiger partial charge in [0.1, 0.15) is 5.75 Å². The van der Waals surface area contributed by atoms with Crippen LogP contribution in [0.5, 0.6) is 5.75 Å². The van der Waals surface area contributed by atoms with Crippen molar-refractivity contribution < 1.29 is 24.2 Å². The van der Waals surface area contributed by atoms with Crippen molar-refractivity contribution in [2.45, 2.75) is 71.0 Å². The molecular formula is C37H55ClN4O5S. The molecule has 1 aliphatic heterocycles. The smallest absolute Gasteiger partial charge is 0.219 e. The van der Waals surface area contributed by atoms with Crippen LogP contribution in [0.3, 0.4) is 0 Å². The first-order valence-electron chi connectivity index (χ1n) is 16.9. The van der Waals surface area contributed by atoms with Crippen molar-refractivity contribution in [1.82, 2.24) is 13.9 Å². The van der Waals surface area contributed by atoms with Gasteiger partial charge in [-0.25, -0.2) is 4.31 Å². The predicted octanol–water partition coefficient (Wildman–Crippen LogP) is 6.65. The highest BCUT2D eigenvalue weighted by Crippen LogP contribution is 2.43. The van der Waals surface area contributed by atoms with Gasteiger partial charge >= 0.3 is 0 Å². The molecule has 2 N–H and O–H groups in total. The lowest BCUT2D eigenvalue weighted by molar-refractivity contribution is -0.127. The van der Waals surface area contributed by atoms with Crippen LogP contribution in [0.15, 0.2) is 48.6 Å². The van der Waals surface area contributed by atoms with Crippen molar-refractivity contribution in [3.63, 3.8) is 0 Å². The van der Waals surface area contributed by atoms with Gasteiger partial charge in [0.2, 0.25) is 12.3 Å². The van der Waals surface area contributed by atoms with E-state index < -0.39 is 6.10 Å². The number of methoxy groups -OCH3 is 1. The molecular weight excluding hydrogens is 648 g/mol. The van der Waals surface area contributed by atoms with Crippen LogP contribution < -0.4 is 14.4 Å². The second-order valence-electron chi connectivity index (χ2n) is 12.9. The molecule has 5 atom stereocenters. The number of benzene rings is 2. The van der Waals surface area contributed by atoms with E-state index in [9.17, 15) is 14.7 Å². The number of aryl methyl sites for hydroxylation is 1. The number of carbonyl (C=O) groups excluding carboxylic acids is 2. The number of nitrogens with zero attached hydrogens (tertiary/aromatic N) is 3. The summed E-state index contributed by atoms with van der Waals surface area (Å²) >= 11 is 7.65. The summed E-state index contributed by atoms with van der Waals surface area (Å²) in [7, 11) is 7.32. The highest BCUT2D eigenvalue weighted by molar-refractivity contribution is 7.95. The number of fused-ring (bicyclic) bond motifs is 1. The molecule has 4 rings (SSSR count). The molecule has 0 radical (unpaired) electrons. The van der Waals surface area contributed by atoms with Gasteiger partial charge in [-0.05, 0) is 99.5 Å². The van der Waals surface area contributed by atoms with Gasteiger partial charge < -0.3 is 24.4 Å². The highest BCUT2D eigenvalue weighted by atomic mass is 35.5. The van der Waals surface area contributed by atoms with Crippen LogP contribution in [0.4, 0.5) is 5.69 Å². The number of aliphatic hydroxyl groups excluding tert-OH is 1. The number of anilines is 1. The number of hydrogen-bond donors (Lipinski definition) is 2. The van der Waals surface area contributed by atoms with Crippen molar-refractivity contribution in [2.75, 3.05) is 59.4 Å². The van der Waals surface area contributed by atoms with Crippen LogP contribution in [0.2, 0.25) is 5.02 Å². The van der Waals surface area contributed by atoms with Crippen LogP contribution in [0.1, 0.15) is 75.2 Å². The van der Waals surface area contributed by atoms with Gasteiger partial charge in [-0.3, -0.25) is 14.3 Å². The van der Waals surface area contributed by atoms with E-state index in [1.165, 1.54) is 23.3 Å². The molecule has 1 aliphatic carbocycles. The summed E-state index contributed by atoms with van der Waals surface area (Å²) in [6.07, 6.45) is 9.63.